The molecular weight excluding hydrogens is 512 g/mol. The smallest absolute Gasteiger partial charge is 0.149 e. The average molecular weight is 537 g/mol. The lowest BCUT2D eigenvalue weighted by atomic mass is 10.0. The fourth-order valence-corrected chi connectivity index (χ4v) is 6.47. The van der Waals surface area contributed by atoms with Crippen molar-refractivity contribution in [2.24, 2.45) is 0 Å². The Morgan fingerprint density at radius 1 is 0.452 bits per heavy atom. The van der Waals surface area contributed by atoms with E-state index in [9.17, 15) is 0 Å². The second-order valence-electron chi connectivity index (χ2n) is 10.8. The number of aromatic nitrogens is 2. The predicted octanol–water partition coefficient (Wildman–Crippen LogP) is 10.6. The molecule has 9 rings (SSSR count). The van der Waals surface area contributed by atoms with E-state index in [1.165, 1.54) is 10.8 Å². The number of fused-ring (bicyclic) bond motifs is 8. The molecule has 0 aliphatic carbocycles. The van der Waals surface area contributed by atoms with Crippen LogP contribution in [0, 0.1) is 0 Å². The number of benzene rings is 7. The molecule has 0 N–H and O–H groups in total. The van der Waals surface area contributed by atoms with E-state index in [-0.39, 0.29) is 0 Å². The number of hydrogen-bond acceptors (Lipinski definition) is 2. The van der Waals surface area contributed by atoms with Crippen molar-refractivity contribution in [3.05, 3.63) is 146 Å². The van der Waals surface area contributed by atoms with Gasteiger partial charge in [-0.25, -0.2) is 4.98 Å². The third-order valence-electron chi connectivity index (χ3n) is 8.41. The number of rotatable bonds is 3. The number of para-hydroxylation sites is 2. The molecule has 42 heavy (non-hydrogen) atoms. The molecule has 0 aliphatic rings. The van der Waals surface area contributed by atoms with Gasteiger partial charge in [-0.15, -0.1) is 0 Å². The first kappa shape index (κ1) is 23.1. The minimum absolute atomic E-state index is 0.849. The number of imidazole rings is 1. The minimum Gasteiger partial charge on any atom is -0.455 e. The maximum Gasteiger partial charge on any atom is 0.149 e. The molecule has 9 aromatic rings. The SMILES string of the molecule is c1ccc(-c2ccccc2-n2c(-c3cccc4c3oc3c5ccccc5ccc43)nc3c4ccccc4ccc32)cc1. The second kappa shape index (κ2) is 8.92. The predicted molar refractivity (Wildman–Crippen MR) is 174 cm³/mol. The summed E-state index contributed by atoms with van der Waals surface area (Å²) in [5.74, 6) is 0.860. The Bertz CT molecular complexity index is 2470. The number of nitrogens with zero attached hydrogens (tertiary/aromatic N) is 2. The number of furan rings is 1. The monoisotopic (exact) mass is 536 g/mol. The highest BCUT2D eigenvalue weighted by Gasteiger charge is 2.22. The Balaban J connectivity index is 1.42. The first-order valence-electron chi connectivity index (χ1n) is 14.2. The highest BCUT2D eigenvalue weighted by molar-refractivity contribution is 6.17. The van der Waals surface area contributed by atoms with E-state index in [0.717, 1.165) is 71.9 Å². The highest BCUT2D eigenvalue weighted by atomic mass is 16.3. The van der Waals surface area contributed by atoms with Crippen LogP contribution in [0.3, 0.4) is 0 Å². The molecule has 0 unspecified atom stereocenters. The van der Waals surface area contributed by atoms with Gasteiger partial charge in [0.15, 0.2) is 0 Å². The van der Waals surface area contributed by atoms with E-state index in [0.29, 0.717) is 0 Å². The van der Waals surface area contributed by atoms with Crippen LogP contribution in [0.2, 0.25) is 0 Å². The zero-order valence-electron chi connectivity index (χ0n) is 22.7. The molecular formula is C39H24N2O. The molecule has 0 radical (unpaired) electrons. The van der Waals surface area contributed by atoms with Gasteiger partial charge in [-0.05, 0) is 40.6 Å². The van der Waals surface area contributed by atoms with Crippen molar-refractivity contribution in [2.45, 2.75) is 0 Å². The molecule has 3 heteroatoms. The summed E-state index contributed by atoms with van der Waals surface area (Å²) in [5.41, 5.74) is 8.15. The molecule has 0 spiro atoms. The second-order valence-corrected chi connectivity index (χ2v) is 10.8. The van der Waals surface area contributed by atoms with Crippen LogP contribution in [0.15, 0.2) is 150 Å². The van der Waals surface area contributed by atoms with E-state index in [2.05, 4.69) is 150 Å². The van der Waals surface area contributed by atoms with E-state index in [1.54, 1.807) is 0 Å². The summed E-state index contributed by atoms with van der Waals surface area (Å²) in [5, 5.41) is 6.80. The Kier molecular flexibility index (Phi) is 4.90. The zero-order chi connectivity index (χ0) is 27.6. The van der Waals surface area contributed by atoms with Crippen molar-refractivity contribution in [3.8, 4) is 28.2 Å². The molecule has 2 aromatic heterocycles. The van der Waals surface area contributed by atoms with Crippen molar-refractivity contribution >= 4 is 54.5 Å². The molecule has 0 fully saturated rings. The van der Waals surface area contributed by atoms with Crippen LogP contribution in [0.4, 0.5) is 0 Å². The molecule has 0 saturated carbocycles. The van der Waals surface area contributed by atoms with E-state index < -0.39 is 0 Å². The van der Waals surface area contributed by atoms with Crippen molar-refractivity contribution in [2.75, 3.05) is 0 Å². The largest absolute Gasteiger partial charge is 0.455 e. The van der Waals surface area contributed by atoms with Gasteiger partial charge in [-0.1, -0.05) is 121 Å². The lowest BCUT2D eigenvalue weighted by Gasteiger charge is -2.15. The van der Waals surface area contributed by atoms with Gasteiger partial charge in [0.2, 0.25) is 0 Å². The molecule has 0 bridgehead atoms. The summed E-state index contributed by atoms with van der Waals surface area (Å²) in [6.45, 7) is 0. The van der Waals surface area contributed by atoms with E-state index in [4.69, 9.17) is 9.40 Å². The number of hydrogen-bond donors (Lipinski definition) is 0. The lowest BCUT2D eigenvalue weighted by molar-refractivity contribution is 0.673. The quantitative estimate of drug-likeness (QED) is 0.225. The van der Waals surface area contributed by atoms with Gasteiger partial charge < -0.3 is 4.42 Å². The van der Waals surface area contributed by atoms with Crippen LogP contribution in [-0.2, 0) is 0 Å². The first-order valence-corrected chi connectivity index (χ1v) is 14.2. The molecule has 196 valence electrons. The highest BCUT2D eigenvalue weighted by Crippen LogP contribution is 2.42. The minimum atomic E-state index is 0.849. The Labute approximate surface area is 241 Å². The van der Waals surface area contributed by atoms with Gasteiger partial charge in [0.05, 0.1) is 22.3 Å². The van der Waals surface area contributed by atoms with Gasteiger partial charge in [-0.2, -0.15) is 0 Å². The third kappa shape index (κ3) is 3.31. The maximum absolute atomic E-state index is 6.79. The van der Waals surface area contributed by atoms with Gasteiger partial charge >= 0.3 is 0 Å². The van der Waals surface area contributed by atoms with E-state index in [1.807, 2.05) is 0 Å². The summed E-state index contributed by atoms with van der Waals surface area (Å²) in [6.07, 6.45) is 0. The van der Waals surface area contributed by atoms with Crippen LogP contribution in [0.25, 0.3) is 82.7 Å². The summed E-state index contributed by atoms with van der Waals surface area (Å²) in [7, 11) is 0. The summed E-state index contributed by atoms with van der Waals surface area (Å²) < 4.78 is 9.10. The fraction of sp³-hybridized carbons (Fsp3) is 0. The van der Waals surface area contributed by atoms with Crippen LogP contribution in [-0.4, -0.2) is 9.55 Å². The Hall–Kier alpha value is -5.67. The van der Waals surface area contributed by atoms with Gasteiger partial charge in [-0.3, -0.25) is 4.57 Å². The molecule has 7 aromatic carbocycles. The van der Waals surface area contributed by atoms with Crippen LogP contribution >= 0.6 is 0 Å². The lowest BCUT2D eigenvalue weighted by Crippen LogP contribution is -2.00. The molecule has 0 atom stereocenters. The first-order chi connectivity index (χ1) is 20.8. The fourth-order valence-electron chi connectivity index (χ4n) is 6.47. The van der Waals surface area contributed by atoms with Crippen molar-refractivity contribution < 1.29 is 4.42 Å². The average Bonchev–Trinajstić information content (AvgIpc) is 3.64. The van der Waals surface area contributed by atoms with Gasteiger partial charge in [0.1, 0.15) is 17.0 Å². The maximum atomic E-state index is 6.79. The standard InChI is InChI=1S/C39H24N2O/c1-2-11-25(12-3-1)28-15-8-9-20-34(28)41-35-24-22-26-13-4-6-16-29(26)36(35)40-39(41)33-19-10-18-31-32-23-21-27-14-5-7-17-30(27)37(32)42-38(31)33/h1-24H. The van der Waals surface area contributed by atoms with Gasteiger partial charge in [0, 0.05) is 27.1 Å². The summed E-state index contributed by atoms with van der Waals surface area (Å²) in [6, 6.07) is 51.2. The van der Waals surface area contributed by atoms with Crippen molar-refractivity contribution in [1.29, 1.82) is 0 Å². The zero-order valence-corrected chi connectivity index (χ0v) is 22.7. The normalized spacial score (nSPS) is 11.8. The molecule has 0 saturated heterocycles. The summed E-state index contributed by atoms with van der Waals surface area (Å²) >= 11 is 0. The van der Waals surface area contributed by atoms with Crippen molar-refractivity contribution in [1.82, 2.24) is 9.55 Å². The van der Waals surface area contributed by atoms with E-state index >= 15 is 0 Å². The molecule has 2 heterocycles. The topological polar surface area (TPSA) is 31.0 Å². The molecule has 0 amide bonds. The Morgan fingerprint density at radius 3 is 1.98 bits per heavy atom. The van der Waals surface area contributed by atoms with Gasteiger partial charge in [0.25, 0.3) is 0 Å². The summed E-state index contributed by atoms with van der Waals surface area (Å²) in [4.78, 5) is 5.41. The molecule has 0 aliphatic heterocycles. The molecule has 3 nitrogen and oxygen atoms in total. The third-order valence-corrected chi connectivity index (χ3v) is 8.41. The van der Waals surface area contributed by atoms with Crippen LogP contribution in [0.1, 0.15) is 0 Å². The van der Waals surface area contributed by atoms with Crippen LogP contribution < -0.4 is 0 Å². The van der Waals surface area contributed by atoms with Crippen molar-refractivity contribution in [3.63, 3.8) is 0 Å². The Morgan fingerprint density at radius 2 is 1.10 bits per heavy atom. The van der Waals surface area contributed by atoms with Crippen LogP contribution in [0.5, 0.6) is 0 Å².